The van der Waals surface area contributed by atoms with E-state index in [0.29, 0.717) is 12.1 Å². The van der Waals surface area contributed by atoms with Gasteiger partial charge >= 0.3 is 0 Å². The van der Waals surface area contributed by atoms with Crippen LogP contribution in [0.3, 0.4) is 0 Å². The van der Waals surface area contributed by atoms with Crippen molar-refractivity contribution in [3.63, 3.8) is 0 Å². The van der Waals surface area contributed by atoms with Crippen molar-refractivity contribution in [2.75, 3.05) is 24.7 Å². The van der Waals surface area contributed by atoms with Crippen LogP contribution in [0.25, 0.3) is 0 Å². The molecule has 0 saturated heterocycles. The summed E-state index contributed by atoms with van der Waals surface area (Å²) in [5.74, 6) is 0.0535. The van der Waals surface area contributed by atoms with Gasteiger partial charge in [-0.15, -0.1) is 0 Å². The van der Waals surface area contributed by atoms with Crippen LogP contribution in [0.2, 0.25) is 0 Å². The van der Waals surface area contributed by atoms with Crippen molar-refractivity contribution in [3.05, 3.63) is 39.9 Å². The first kappa shape index (κ1) is 14.8. The standard InChI is InChI=1S/C13H15BrN4OS/c1-16-12(19)10-11(15)17-20-13(10)18(2)7-8-4-3-5-9(14)6-8/h3-6H,7H2,1-2H3,(H2,15,17)(H,16,19). The van der Waals surface area contributed by atoms with E-state index in [0.717, 1.165) is 15.0 Å². The van der Waals surface area contributed by atoms with Gasteiger partial charge < -0.3 is 16.0 Å². The van der Waals surface area contributed by atoms with Gasteiger partial charge in [-0.2, -0.15) is 4.37 Å². The van der Waals surface area contributed by atoms with Gasteiger partial charge in [-0.25, -0.2) is 0 Å². The third-order valence-electron chi connectivity index (χ3n) is 2.81. The van der Waals surface area contributed by atoms with Gasteiger partial charge in [0, 0.05) is 25.1 Å². The van der Waals surface area contributed by atoms with E-state index in [1.165, 1.54) is 11.5 Å². The second-order valence-electron chi connectivity index (χ2n) is 4.31. The normalized spacial score (nSPS) is 10.3. The Morgan fingerprint density at radius 1 is 1.55 bits per heavy atom. The molecule has 0 unspecified atom stereocenters. The summed E-state index contributed by atoms with van der Waals surface area (Å²) in [6.07, 6.45) is 0. The molecule has 1 heterocycles. The number of anilines is 2. The van der Waals surface area contributed by atoms with Crippen molar-refractivity contribution in [1.82, 2.24) is 9.69 Å². The Labute approximate surface area is 130 Å². The van der Waals surface area contributed by atoms with Crippen LogP contribution in [0.15, 0.2) is 28.7 Å². The molecular weight excluding hydrogens is 340 g/mol. The molecule has 3 N–H and O–H groups in total. The molecule has 2 rings (SSSR count). The van der Waals surface area contributed by atoms with Crippen molar-refractivity contribution in [2.24, 2.45) is 0 Å². The van der Waals surface area contributed by atoms with Crippen molar-refractivity contribution in [1.29, 1.82) is 0 Å². The third kappa shape index (κ3) is 3.10. The predicted octanol–water partition coefficient (Wildman–Crippen LogP) is 2.48. The highest BCUT2D eigenvalue weighted by Gasteiger charge is 2.21. The highest BCUT2D eigenvalue weighted by Crippen LogP contribution is 2.30. The minimum Gasteiger partial charge on any atom is -0.382 e. The van der Waals surface area contributed by atoms with Crippen LogP contribution in [0.1, 0.15) is 15.9 Å². The zero-order chi connectivity index (χ0) is 14.7. The van der Waals surface area contributed by atoms with Gasteiger partial charge in [0.1, 0.15) is 10.6 Å². The summed E-state index contributed by atoms with van der Waals surface area (Å²) in [7, 11) is 3.50. The first-order chi connectivity index (χ1) is 9.52. The Morgan fingerprint density at radius 2 is 2.30 bits per heavy atom. The second-order valence-corrected chi connectivity index (χ2v) is 5.98. The van der Waals surface area contributed by atoms with Crippen LogP contribution in [-0.2, 0) is 6.54 Å². The zero-order valence-electron chi connectivity index (χ0n) is 11.2. The summed E-state index contributed by atoms with van der Waals surface area (Å²) in [5, 5.41) is 3.36. The Kier molecular flexibility index (Phi) is 4.61. The molecule has 1 aromatic carbocycles. The van der Waals surface area contributed by atoms with Gasteiger partial charge in [-0.05, 0) is 29.2 Å². The number of carbonyl (C=O) groups is 1. The largest absolute Gasteiger partial charge is 0.382 e. The molecule has 7 heteroatoms. The zero-order valence-corrected chi connectivity index (χ0v) is 13.6. The maximum absolute atomic E-state index is 11.9. The van der Waals surface area contributed by atoms with Gasteiger partial charge in [-0.1, -0.05) is 28.1 Å². The topological polar surface area (TPSA) is 71.2 Å². The number of nitrogens with two attached hydrogens (primary N) is 1. The predicted molar refractivity (Wildman–Crippen MR) is 86.2 cm³/mol. The number of carbonyl (C=O) groups excluding carboxylic acids is 1. The van der Waals surface area contributed by atoms with Gasteiger partial charge in [0.2, 0.25) is 0 Å². The van der Waals surface area contributed by atoms with Crippen LogP contribution in [0, 0.1) is 0 Å². The van der Waals surface area contributed by atoms with Crippen molar-refractivity contribution in [2.45, 2.75) is 6.54 Å². The number of nitrogen functional groups attached to an aromatic ring is 1. The molecular formula is C13H15BrN4OS. The molecule has 0 aliphatic heterocycles. The molecule has 1 aromatic heterocycles. The second kappa shape index (κ2) is 6.23. The molecule has 0 spiro atoms. The minimum absolute atomic E-state index is 0.215. The molecule has 0 bridgehead atoms. The van der Waals surface area contributed by atoms with Gasteiger partial charge in [0.15, 0.2) is 5.82 Å². The molecule has 0 radical (unpaired) electrons. The summed E-state index contributed by atoms with van der Waals surface area (Å²) in [6.45, 7) is 0.672. The lowest BCUT2D eigenvalue weighted by Gasteiger charge is -2.18. The molecule has 2 aromatic rings. The van der Waals surface area contributed by atoms with Crippen LogP contribution in [0.4, 0.5) is 10.8 Å². The lowest BCUT2D eigenvalue weighted by molar-refractivity contribution is 0.0964. The maximum atomic E-state index is 11.9. The maximum Gasteiger partial charge on any atom is 0.257 e. The van der Waals surface area contributed by atoms with E-state index >= 15 is 0 Å². The Morgan fingerprint density at radius 3 is 2.95 bits per heavy atom. The first-order valence-corrected chi connectivity index (χ1v) is 7.52. The summed E-state index contributed by atoms with van der Waals surface area (Å²) < 4.78 is 5.10. The minimum atomic E-state index is -0.215. The number of nitrogens with zero attached hydrogens (tertiary/aromatic N) is 2. The van der Waals surface area contributed by atoms with Gasteiger partial charge in [0.05, 0.1) is 0 Å². The number of benzene rings is 1. The highest BCUT2D eigenvalue weighted by atomic mass is 79.9. The van der Waals surface area contributed by atoms with Crippen LogP contribution >= 0.6 is 27.5 Å². The van der Waals surface area contributed by atoms with E-state index in [1.807, 2.05) is 36.2 Å². The lowest BCUT2D eigenvalue weighted by Crippen LogP contribution is -2.23. The Balaban J connectivity index is 2.26. The molecule has 0 fully saturated rings. The monoisotopic (exact) mass is 354 g/mol. The number of nitrogens with one attached hydrogen (secondary N) is 1. The fraction of sp³-hybridized carbons (Fsp3) is 0.231. The number of hydrogen-bond donors (Lipinski definition) is 2. The van der Waals surface area contributed by atoms with E-state index < -0.39 is 0 Å². The number of hydrogen-bond acceptors (Lipinski definition) is 5. The summed E-state index contributed by atoms with van der Waals surface area (Å²) in [4.78, 5) is 13.8. The van der Waals surface area contributed by atoms with Crippen molar-refractivity contribution < 1.29 is 4.79 Å². The number of rotatable bonds is 4. The molecule has 106 valence electrons. The van der Waals surface area contributed by atoms with Crippen molar-refractivity contribution in [3.8, 4) is 0 Å². The highest BCUT2D eigenvalue weighted by molar-refractivity contribution is 9.10. The van der Waals surface area contributed by atoms with E-state index in [1.54, 1.807) is 7.05 Å². The fourth-order valence-electron chi connectivity index (χ4n) is 1.87. The summed E-state index contributed by atoms with van der Waals surface area (Å²) >= 11 is 4.68. The smallest absolute Gasteiger partial charge is 0.257 e. The molecule has 20 heavy (non-hydrogen) atoms. The number of amides is 1. The molecule has 0 atom stereocenters. The SMILES string of the molecule is CNC(=O)c1c(N)nsc1N(C)Cc1cccc(Br)c1. The Hall–Kier alpha value is -1.60. The van der Waals surface area contributed by atoms with E-state index in [-0.39, 0.29) is 11.7 Å². The van der Waals surface area contributed by atoms with Crippen LogP contribution in [0.5, 0.6) is 0 Å². The van der Waals surface area contributed by atoms with E-state index in [2.05, 4.69) is 25.6 Å². The molecule has 0 saturated carbocycles. The third-order valence-corrected chi connectivity index (χ3v) is 4.28. The fourth-order valence-corrected chi connectivity index (χ4v) is 3.09. The van der Waals surface area contributed by atoms with Gasteiger partial charge in [0.25, 0.3) is 5.91 Å². The lowest BCUT2D eigenvalue weighted by atomic mass is 10.2. The first-order valence-electron chi connectivity index (χ1n) is 5.95. The quantitative estimate of drug-likeness (QED) is 0.884. The summed E-state index contributed by atoms with van der Waals surface area (Å²) in [6, 6.07) is 8.03. The van der Waals surface area contributed by atoms with Crippen LogP contribution < -0.4 is 16.0 Å². The molecule has 5 nitrogen and oxygen atoms in total. The average Bonchev–Trinajstić information content (AvgIpc) is 2.80. The molecule has 1 amide bonds. The average molecular weight is 355 g/mol. The Bertz CT molecular complexity index is 629. The number of halogens is 1. The molecule has 0 aliphatic carbocycles. The van der Waals surface area contributed by atoms with E-state index in [4.69, 9.17) is 5.73 Å². The van der Waals surface area contributed by atoms with Gasteiger partial charge in [-0.3, -0.25) is 4.79 Å². The molecule has 0 aliphatic rings. The van der Waals surface area contributed by atoms with E-state index in [9.17, 15) is 4.79 Å². The number of aromatic nitrogens is 1. The van der Waals surface area contributed by atoms with Crippen LogP contribution in [-0.4, -0.2) is 24.4 Å². The van der Waals surface area contributed by atoms with Crippen molar-refractivity contribution >= 4 is 44.2 Å². The summed E-state index contributed by atoms with van der Waals surface area (Å²) in [5.41, 5.74) is 7.35.